The molecule has 0 amide bonds. The van der Waals surface area contributed by atoms with Crippen LogP contribution in [0.1, 0.15) is 187 Å². The highest BCUT2D eigenvalue weighted by Gasteiger charge is 2.35. The van der Waals surface area contributed by atoms with E-state index in [0.717, 1.165) is 77.0 Å². The Bertz CT molecular complexity index is 1100. The fraction of sp³-hybridized carbons (Fsp3) is 0.944. The summed E-state index contributed by atoms with van der Waals surface area (Å²) in [6.45, 7) is 4.27. The quantitative estimate of drug-likeness (QED) is 0.0147. The van der Waals surface area contributed by atoms with Crippen molar-refractivity contribution in [2.75, 3.05) is 0 Å². The maximum absolute atomic E-state index is 11.6. The van der Waals surface area contributed by atoms with Crippen molar-refractivity contribution in [1.82, 2.24) is 0 Å². The Labute approximate surface area is 318 Å². The molecule has 17 heteroatoms. The standard InChI is InChI=1S/C18H36O8S.C18H36O7S/c1-2-3-4-5-6-9-12-15(19)18(21)16(27(23,24)25)13-10-7-8-11-14-17(20)26-22;1-2-3-4-5-7-10-13-16(19)17(26(22,23)24)14-11-8-6-9-12-15-18(20)25-21/h15-16,18-19,21-22H,2-14H2,1H3,(H,23,24,25);16-17,19,21H,2-15H2,1H3,(H,22,23,24). The summed E-state index contributed by atoms with van der Waals surface area (Å²) in [5, 5.41) is 44.1. The van der Waals surface area contributed by atoms with Gasteiger partial charge in [-0.15, -0.1) is 0 Å². The molecule has 0 aliphatic carbocycles. The van der Waals surface area contributed by atoms with Crippen LogP contribution in [0.5, 0.6) is 0 Å². The van der Waals surface area contributed by atoms with E-state index in [9.17, 15) is 50.8 Å². The highest BCUT2D eigenvalue weighted by Crippen LogP contribution is 2.22. The lowest BCUT2D eigenvalue weighted by molar-refractivity contribution is -0.234. The minimum Gasteiger partial charge on any atom is -0.392 e. The molecule has 0 fully saturated rings. The first kappa shape index (κ1) is 53.7. The molecule has 318 valence electrons. The molecule has 53 heavy (non-hydrogen) atoms. The van der Waals surface area contributed by atoms with E-state index in [1.807, 2.05) is 0 Å². The maximum atomic E-state index is 11.6. The summed E-state index contributed by atoms with van der Waals surface area (Å²) < 4.78 is 65.0. The summed E-state index contributed by atoms with van der Waals surface area (Å²) in [6.07, 6.45) is 15.4. The molecule has 0 saturated heterocycles. The zero-order valence-corrected chi connectivity index (χ0v) is 33.8. The SMILES string of the molecule is CCCCCCCCC(O)C(CCCCCCCC(=O)OO)S(=O)(=O)O.CCCCCCCCC(O)C(O)C(CCCCCCC(=O)OO)S(=O)(=O)O. The van der Waals surface area contributed by atoms with Gasteiger partial charge in [0.05, 0.1) is 18.3 Å². The number of unbranched alkanes of at least 4 members (excludes halogenated alkanes) is 17. The Morgan fingerprint density at radius 3 is 1.11 bits per heavy atom. The maximum Gasteiger partial charge on any atom is 0.342 e. The molecule has 0 aromatic rings. The monoisotopic (exact) mass is 808 g/mol. The Morgan fingerprint density at radius 1 is 0.453 bits per heavy atom. The van der Waals surface area contributed by atoms with Crippen LogP contribution in [0.2, 0.25) is 0 Å². The smallest absolute Gasteiger partial charge is 0.342 e. The molecule has 0 aromatic heterocycles. The molecular formula is C36H72O15S2. The van der Waals surface area contributed by atoms with Crippen LogP contribution in [-0.4, -0.2) is 92.5 Å². The Morgan fingerprint density at radius 2 is 0.755 bits per heavy atom. The summed E-state index contributed by atoms with van der Waals surface area (Å²) in [6, 6.07) is 0. The normalized spacial score (nSPS) is 14.7. The summed E-state index contributed by atoms with van der Waals surface area (Å²) in [5.74, 6) is -1.38. The van der Waals surface area contributed by atoms with Crippen LogP contribution >= 0.6 is 0 Å². The lowest BCUT2D eigenvalue weighted by atomic mass is 9.99. The van der Waals surface area contributed by atoms with Gasteiger partial charge in [-0.1, -0.05) is 136 Å². The molecule has 5 unspecified atom stereocenters. The average molecular weight is 809 g/mol. The van der Waals surface area contributed by atoms with Gasteiger partial charge in [-0.2, -0.15) is 27.4 Å². The van der Waals surface area contributed by atoms with E-state index < -0.39 is 61.0 Å². The minimum atomic E-state index is -4.48. The van der Waals surface area contributed by atoms with Crippen LogP contribution < -0.4 is 0 Å². The summed E-state index contributed by atoms with van der Waals surface area (Å²) in [7, 11) is -8.75. The van der Waals surface area contributed by atoms with Gasteiger partial charge >= 0.3 is 11.9 Å². The molecule has 5 atom stereocenters. The lowest BCUT2D eigenvalue weighted by Gasteiger charge is -2.24. The molecule has 0 spiro atoms. The Kier molecular flexibility index (Phi) is 34.3. The largest absolute Gasteiger partial charge is 0.392 e. The van der Waals surface area contributed by atoms with Crippen molar-refractivity contribution in [1.29, 1.82) is 0 Å². The Balaban J connectivity index is 0. The van der Waals surface area contributed by atoms with Gasteiger partial charge in [-0.05, 0) is 38.5 Å². The van der Waals surface area contributed by atoms with Gasteiger partial charge < -0.3 is 25.1 Å². The van der Waals surface area contributed by atoms with Crippen molar-refractivity contribution in [3.05, 3.63) is 0 Å². The van der Waals surface area contributed by atoms with Gasteiger partial charge in [0.25, 0.3) is 20.2 Å². The molecule has 0 saturated carbocycles. The van der Waals surface area contributed by atoms with Crippen LogP contribution in [0.3, 0.4) is 0 Å². The molecule has 0 rings (SSSR count). The summed E-state index contributed by atoms with van der Waals surface area (Å²) in [5.41, 5.74) is 0. The fourth-order valence-electron chi connectivity index (χ4n) is 6.11. The highest BCUT2D eigenvalue weighted by molar-refractivity contribution is 7.86. The Hall–Kier alpha value is -1.44. The fourth-order valence-corrected chi connectivity index (χ4v) is 8.11. The molecule has 15 nitrogen and oxygen atoms in total. The van der Waals surface area contributed by atoms with Crippen molar-refractivity contribution in [3.8, 4) is 0 Å². The van der Waals surface area contributed by atoms with E-state index >= 15 is 0 Å². The van der Waals surface area contributed by atoms with Crippen LogP contribution in [0, 0.1) is 0 Å². The third-order valence-electron chi connectivity index (χ3n) is 9.37. The molecule has 0 aliphatic rings. The number of hydrogen-bond donors (Lipinski definition) is 7. The van der Waals surface area contributed by atoms with Crippen LogP contribution in [-0.2, 0) is 39.6 Å². The average Bonchev–Trinajstić information content (AvgIpc) is 3.10. The van der Waals surface area contributed by atoms with Crippen molar-refractivity contribution >= 4 is 32.2 Å². The van der Waals surface area contributed by atoms with Gasteiger partial charge in [0.2, 0.25) is 0 Å². The zero-order chi connectivity index (χ0) is 40.5. The summed E-state index contributed by atoms with van der Waals surface area (Å²) >= 11 is 0. The first-order valence-electron chi connectivity index (χ1n) is 19.7. The van der Waals surface area contributed by atoms with Crippen LogP contribution in [0.25, 0.3) is 0 Å². The number of aliphatic hydroxyl groups excluding tert-OH is 3. The molecule has 0 bridgehead atoms. The van der Waals surface area contributed by atoms with Crippen LogP contribution in [0.15, 0.2) is 0 Å². The number of carbonyl (C=O) groups is 2. The second-order valence-corrected chi connectivity index (χ2v) is 17.3. The van der Waals surface area contributed by atoms with E-state index in [0.29, 0.717) is 57.8 Å². The predicted molar refractivity (Wildman–Crippen MR) is 202 cm³/mol. The molecule has 7 N–H and O–H groups in total. The molecular weight excluding hydrogens is 737 g/mol. The molecule has 0 heterocycles. The molecule has 0 aromatic carbocycles. The van der Waals surface area contributed by atoms with E-state index in [4.69, 9.17) is 10.5 Å². The third kappa shape index (κ3) is 31.5. The van der Waals surface area contributed by atoms with Gasteiger partial charge in [-0.25, -0.2) is 9.59 Å². The van der Waals surface area contributed by atoms with Crippen molar-refractivity contribution in [3.63, 3.8) is 0 Å². The minimum absolute atomic E-state index is 0.0258. The number of hydrogen-bond acceptors (Lipinski definition) is 13. The lowest BCUT2D eigenvalue weighted by Crippen LogP contribution is -2.42. The molecule has 0 radical (unpaired) electrons. The zero-order valence-electron chi connectivity index (χ0n) is 32.2. The second-order valence-electron chi connectivity index (χ2n) is 14.0. The first-order valence-corrected chi connectivity index (χ1v) is 22.7. The van der Waals surface area contributed by atoms with Crippen molar-refractivity contribution < 1.29 is 71.1 Å². The third-order valence-corrected chi connectivity index (χ3v) is 12.0. The van der Waals surface area contributed by atoms with E-state index in [-0.39, 0.29) is 25.7 Å². The number of aliphatic hydroxyl groups is 3. The topological polar surface area (TPSA) is 262 Å². The highest BCUT2D eigenvalue weighted by atomic mass is 32.2. The predicted octanol–water partition coefficient (Wildman–Crippen LogP) is 7.17. The van der Waals surface area contributed by atoms with Crippen molar-refractivity contribution in [2.24, 2.45) is 0 Å². The van der Waals surface area contributed by atoms with Gasteiger partial charge in [0.1, 0.15) is 10.5 Å². The van der Waals surface area contributed by atoms with Gasteiger partial charge in [0.15, 0.2) is 0 Å². The number of rotatable bonds is 34. The number of carbonyl (C=O) groups excluding carboxylic acids is 2. The second kappa shape index (κ2) is 33.9. The van der Waals surface area contributed by atoms with Crippen molar-refractivity contribution in [2.45, 2.75) is 216 Å². The summed E-state index contributed by atoms with van der Waals surface area (Å²) in [4.78, 5) is 28.6. The van der Waals surface area contributed by atoms with E-state index in [2.05, 4.69) is 23.6 Å². The molecule has 0 aliphatic heterocycles. The first-order chi connectivity index (χ1) is 25.1. The van der Waals surface area contributed by atoms with Gasteiger partial charge in [0, 0.05) is 12.8 Å². The van der Waals surface area contributed by atoms with Gasteiger partial charge in [-0.3, -0.25) is 9.11 Å². The van der Waals surface area contributed by atoms with E-state index in [1.165, 1.54) is 12.8 Å². The van der Waals surface area contributed by atoms with E-state index in [1.54, 1.807) is 0 Å². The van der Waals surface area contributed by atoms with Crippen LogP contribution in [0.4, 0.5) is 0 Å².